The second-order valence-electron chi connectivity index (χ2n) is 2.59. The molecule has 72 valence electrons. The molecule has 13 heavy (non-hydrogen) atoms. The molecule has 1 aromatic carbocycles. The topological polar surface area (TPSA) is 29.5 Å². The second kappa shape index (κ2) is 4.07. The van der Waals surface area contributed by atoms with E-state index in [0.717, 1.165) is 12.1 Å². The summed E-state index contributed by atoms with van der Waals surface area (Å²) in [5, 5.41) is 8.81. The van der Waals surface area contributed by atoms with E-state index in [4.69, 9.17) is 9.84 Å². The molecule has 1 aromatic rings. The van der Waals surface area contributed by atoms with E-state index in [1.54, 1.807) is 0 Å². The summed E-state index contributed by atoms with van der Waals surface area (Å²) in [6.07, 6.45) is 0.666. The highest BCUT2D eigenvalue weighted by molar-refractivity contribution is 5.33. The smallest absolute Gasteiger partial charge is 0.190 e. The Bertz CT molecular complexity index is 277. The molecule has 0 amide bonds. The van der Waals surface area contributed by atoms with Crippen LogP contribution in [0.15, 0.2) is 12.1 Å². The first-order chi connectivity index (χ1) is 6.15. The lowest BCUT2D eigenvalue weighted by molar-refractivity contribution is 0.283. The minimum Gasteiger partial charge on any atom is -0.508 e. The Morgan fingerprint density at radius 1 is 1.31 bits per heavy atom. The molecule has 0 spiro atoms. The van der Waals surface area contributed by atoms with Gasteiger partial charge >= 0.3 is 0 Å². The van der Waals surface area contributed by atoms with E-state index in [-0.39, 0.29) is 6.61 Å². The summed E-state index contributed by atoms with van der Waals surface area (Å²) in [7, 11) is 0. The van der Waals surface area contributed by atoms with E-state index in [1.807, 2.05) is 6.92 Å². The molecule has 0 atom stereocenters. The monoisotopic (exact) mass is 188 g/mol. The molecule has 1 N–H and O–H groups in total. The number of aromatic hydroxyl groups is 1. The fraction of sp³-hybridized carbons (Fsp3) is 0.333. The third kappa shape index (κ3) is 2.31. The van der Waals surface area contributed by atoms with Crippen LogP contribution in [0.1, 0.15) is 13.3 Å². The van der Waals surface area contributed by atoms with Crippen molar-refractivity contribution in [1.82, 2.24) is 0 Å². The lowest BCUT2D eigenvalue weighted by Gasteiger charge is -2.06. The van der Waals surface area contributed by atoms with E-state index in [0.29, 0.717) is 6.42 Å². The zero-order valence-corrected chi connectivity index (χ0v) is 7.18. The van der Waals surface area contributed by atoms with E-state index in [2.05, 4.69) is 0 Å². The van der Waals surface area contributed by atoms with Gasteiger partial charge in [0.15, 0.2) is 17.4 Å². The number of rotatable bonds is 3. The summed E-state index contributed by atoms with van der Waals surface area (Å²) >= 11 is 0. The number of phenolic OH excluding ortho intramolecular Hbond substituents is 1. The summed E-state index contributed by atoms with van der Waals surface area (Å²) in [4.78, 5) is 0. The first-order valence-corrected chi connectivity index (χ1v) is 3.96. The predicted molar refractivity (Wildman–Crippen MR) is 43.8 cm³/mol. The average molecular weight is 188 g/mol. The molecule has 2 nitrogen and oxygen atoms in total. The van der Waals surface area contributed by atoms with Crippen molar-refractivity contribution < 1.29 is 18.6 Å². The van der Waals surface area contributed by atoms with Crippen LogP contribution in [-0.4, -0.2) is 11.7 Å². The van der Waals surface area contributed by atoms with Gasteiger partial charge < -0.3 is 9.84 Å². The molecule has 0 aliphatic rings. The quantitative estimate of drug-likeness (QED) is 0.789. The van der Waals surface area contributed by atoms with Crippen LogP contribution in [0.25, 0.3) is 0 Å². The van der Waals surface area contributed by atoms with Gasteiger partial charge in [0, 0.05) is 12.1 Å². The number of benzene rings is 1. The maximum absolute atomic E-state index is 12.9. The highest BCUT2D eigenvalue weighted by Crippen LogP contribution is 2.26. The fourth-order valence-electron chi connectivity index (χ4n) is 0.889. The van der Waals surface area contributed by atoms with Gasteiger partial charge in [-0.2, -0.15) is 0 Å². The normalized spacial score (nSPS) is 10.1. The number of ether oxygens (including phenoxy) is 1. The van der Waals surface area contributed by atoms with Crippen molar-refractivity contribution in [3.8, 4) is 11.5 Å². The first kappa shape index (κ1) is 9.77. The van der Waals surface area contributed by atoms with E-state index in [9.17, 15) is 8.78 Å². The van der Waals surface area contributed by atoms with Gasteiger partial charge in [0.25, 0.3) is 0 Å². The summed E-state index contributed by atoms with van der Waals surface area (Å²) in [5.74, 6) is -2.64. The lowest BCUT2D eigenvalue weighted by Crippen LogP contribution is -1.99. The lowest BCUT2D eigenvalue weighted by atomic mass is 10.3. The minimum absolute atomic E-state index is 0.249. The standard InChI is InChI=1S/C9H10F2O2/c1-2-3-13-9-7(10)4-6(12)5-8(9)11/h4-5,12H,2-3H2,1H3. The first-order valence-electron chi connectivity index (χ1n) is 3.96. The summed E-state index contributed by atoms with van der Waals surface area (Å²) in [6.45, 7) is 2.08. The number of hydrogen-bond donors (Lipinski definition) is 1. The molecule has 0 unspecified atom stereocenters. The average Bonchev–Trinajstić information content (AvgIpc) is 2.02. The third-order valence-electron chi connectivity index (χ3n) is 1.43. The van der Waals surface area contributed by atoms with Crippen LogP contribution in [0.2, 0.25) is 0 Å². The van der Waals surface area contributed by atoms with Crippen molar-refractivity contribution in [2.24, 2.45) is 0 Å². The Kier molecular flexibility index (Phi) is 3.06. The highest BCUT2D eigenvalue weighted by Gasteiger charge is 2.11. The number of hydrogen-bond acceptors (Lipinski definition) is 2. The maximum Gasteiger partial charge on any atom is 0.190 e. The summed E-state index contributed by atoms with van der Waals surface area (Å²) in [6, 6.07) is 1.63. The van der Waals surface area contributed by atoms with Gasteiger partial charge in [0.1, 0.15) is 5.75 Å². The molecule has 0 saturated carbocycles. The Labute approximate surface area is 74.8 Å². The van der Waals surface area contributed by atoms with Crippen molar-refractivity contribution in [2.75, 3.05) is 6.61 Å². The van der Waals surface area contributed by atoms with Gasteiger partial charge in [-0.05, 0) is 6.42 Å². The van der Waals surface area contributed by atoms with Gasteiger partial charge in [0.05, 0.1) is 6.61 Å². The van der Waals surface area contributed by atoms with Crippen molar-refractivity contribution in [1.29, 1.82) is 0 Å². The Morgan fingerprint density at radius 2 is 1.85 bits per heavy atom. The molecule has 0 fully saturated rings. The maximum atomic E-state index is 12.9. The van der Waals surface area contributed by atoms with Crippen LogP contribution in [0.4, 0.5) is 8.78 Å². The third-order valence-corrected chi connectivity index (χ3v) is 1.43. The second-order valence-corrected chi connectivity index (χ2v) is 2.59. The van der Waals surface area contributed by atoms with Crippen molar-refractivity contribution in [3.05, 3.63) is 23.8 Å². The van der Waals surface area contributed by atoms with E-state index in [1.165, 1.54) is 0 Å². The highest BCUT2D eigenvalue weighted by atomic mass is 19.1. The molecule has 1 rings (SSSR count). The molecule has 0 radical (unpaired) electrons. The van der Waals surface area contributed by atoms with Gasteiger partial charge in [-0.25, -0.2) is 8.78 Å². The Morgan fingerprint density at radius 3 is 2.31 bits per heavy atom. The van der Waals surface area contributed by atoms with E-state index < -0.39 is 23.1 Å². The molecule has 0 bridgehead atoms. The van der Waals surface area contributed by atoms with E-state index >= 15 is 0 Å². The van der Waals surface area contributed by atoms with Crippen molar-refractivity contribution in [3.63, 3.8) is 0 Å². The minimum atomic E-state index is -0.883. The molecule has 0 aliphatic heterocycles. The van der Waals surface area contributed by atoms with Gasteiger partial charge in [-0.1, -0.05) is 6.92 Å². The van der Waals surface area contributed by atoms with Crippen LogP contribution in [-0.2, 0) is 0 Å². The molecule has 0 heterocycles. The Hall–Kier alpha value is -1.32. The van der Waals surface area contributed by atoms with Gasteiger partial charge in [-0.3, -0.25) is 0 Å². The molecule has 0 aromatic heterocycles. The number of halogens is 2. The SMILES string of the molecule is CCCOc1c(F)cc(O)cc1F. The molecule has 0 aliphatic carbocycles. The summed E-state index contributed by atoms with van der Waals surface area (Å²) < 4.78 is 30.6. The molecular formula is C9H10F2O2. The fourth-order valence-corrected chi connectivity index (χ4v) is 0.889. The zero-order chi connectivity index (χ0) is 9.84. The number of phenols is 1. The molecule has 4 heteroatoms. The van der Waals surface area contributed by atoms with Crippen molar-refractivity contribution in [2.45, 2.75) is 13.3 Å². The van der Waals surface area contributed by atoms with Crippen LogP contribution in [0.5, 0.6) is 11.5 Å². The zero-order valence-electron chi connectivity index (χ0n) is 7.18. The molecular weight excluding hydrogens is 178 g/mol. The summed E-state index contributed by atoms with van der Waals surface area (Å²) in [5.41, 5.74) is 0. The van der Waals surface area contributed by atoms with Gasteiger partial charge in [0.2, 0.25) is 0 Å². The van der Waals surface area contributed by atoms with Gasteiger partial charge in [-0.15, -0.1) is 0 Å². The van der Waals surface area contributed by atoms with Crippen LogP contribution in [0, 0.1) is 11.6 Å². The van der Waals surface area contributed by atoms with Crippen LogP contribution in [0.3, 0.4) is 0 Å². The predicted octanol–water partition coefficient (Wildman–Crippen LogP) is 2.46. The Balaban J connectivity index is 2.92. The molecule has 0 saturated heterocycles. The largest absolute Gasteiger partial charge is 0.508 e. The van der Waals surface area contributed by atoms with Crippen LogP contribution >= 0.6 is 0 Å². The van der Waals surface area contributed by atoms with Crippen LogP contribution < -0.4 is 4.74 Å². The van der Waals surface area contributed by atoms with Crippen molar-refractivity contribution >= 4 is 0 Å².